The lowest BCUT2D eigenvalue weighted by Gasteiger charge is -2.42. The SMILES string of the molecule is CN(C)[C@@H](C(=O)N1CCN(C2CCSCC2)CC1)c1cccc(F)c1. The van der Waals surface area contributed by atoms with Crippen molar-refractivity contribution in [2.24, 2.45) is 0 Å². The predicted octanol–water partition coefficient (Wildman–Crippen LogP) is 2.47. The highest BCUT2D eigenvalue weighted by Gasteiger charge is 2.32. The van der Waals surface area contributed by atoms with Gasteiger partial charge in [-0.3, -0.25) is 14.6 Å². The monoisotopic (exact) mass is 365 g/mol. The second-order valence-corrected chi connectivity index (χ2v) is 8.35. The smallest absolute Gasteiger partial charge is 0.244 e. The third kappa shape index (κ3) is 4.54. The van der Waals surface area contributed by atoms with Crippen LogP contribution < -0.4 is 0 Å². The molecule has 6 heteroatoms. The lowest BCUT2D eigenvalue weighted by atomic mass is 10.0. The number of likely N-dealkylation sites (N-methyl/N-ethyl adjacent to an activating group) is 1. The minimum atomic E-state index is -0.423. The molecule has 1 aromatic carbocycles. The van der Waals surface area contributed by atoms with E-state index in [0.29, 0.717) is 6.04 Å². The number of carbonyl (C=O) groups is 1. The quantitative estimate of drug-likeness (QED) is 0.819. The van der Waals surface area contributed by atoms with Crippen molar-refractivity contribution in [1.82, 2.24) is 14.7 Å². The molecule has 2 aliphatic heterocycles. The topological polar surface area (TPSA) is 26.8 Å². The maximum Gasteiger partial charge on any atom is 0.244 e. The first-order chi connectivity index (χ1) is 12.1. The van der Waals surface area contributed by atoms with Gasteiger partial charge in [0.05, 0.1) is 0 Å². The molecular formula is C19H28FN3OS. The van der Waals surface area contributed by atoms with Gasteiger partial charge in [-0.05, 0) is 56.1 Å². The summed E-state index contributed by atoms with van der Waals surface area (Å²) >= 11 is 2.05. The van der Waals surface area contributed by atoms with Crippen LogP contribution in [-0.4, -0.2) is 78.4 Å². The van der Waals surface area contributed by atoms with Gasteiger partial charge in [0.1, 0.15) is 11.9 Å². The molecule has 0 aliphatic carbocycles. The van der Waals surface area contributed by atoms with Crippen LogP contribution in [0.2, 0.25) is 0 Å². The van der Waals surface area contributed by atoms with E-state index >= 15 is 0 Å². The lowest BCUT2D eigenvalue weighted by Crippen LogP contribution is -2.54. The predicted molar refractivity (Wildman–Crippen MR) is 101 cm³/mol. The number of hydrogen-bond acceptors (Lipinski definition) is 4. The van der Waals surface area contributed by atoms with E-state index in [1.807, 2.05) is 41.7 Å². The third-order valence-electron chi connectivity index (χ3n) is 5.25. The Morgan fingerprint density at radius 2 is 1.88 bits per heavy atom. The van der Waals surface area contributed by atoms with Crippen LogP contribution in [0, 0.1) is 5.82 Å². The summed E-state index contributed by atoms with van der Waals surface area (Å²) in [6.07, 6.45) is 2.53. The fraction of sp³-hybridized carbons (Fsp3) is 0.632. The van der Waals surface area contributed by atoms with Crippen molar-refractivity contribution < 1.29 is 9.18 Å². The van der Waals surface area contributed by atoms with E-state index in [2.05, 4.69) is 4.90 Å². The molecule has 1 aromatic rings. The summed E-state index contributed by atoms with van der Waals surface area (Å²) in [5, 5.41) is 0. The molecule has 0 bridgehead atoms. The van der Waals surface area contributed by atoms with E-state index in [1.165, 1.54) is 36.5 Å². The van der Waals surface area contributed by atoms with Crippen LogP contribution >= 0.6 is 11.8 Å². The molecule has 0 saturated carbocycles. The summed E-state index contributed by atoms with van der Waals surface area (Å²) < 4.78 is 13.6. The van der Waals surface area contributed by atoms with Crippen LogP contribution in [0.15, 0.2) is 24.3 Å². The molecular weight excluding hydrogens is 337 g/mol. The van der Waals surface area contributed by atoms with Crippen LogP contribution in [0.1, 0.15) is 24.4 Å². The van der Waals surface area contributed by atoms with E-state index in [1.54, 1.807) is 6.07 Å². The van der Waals surface area contributed by atoms with Crippen molar-refractivity contribution in [2.75, 3.05) is 51.8 Å². The molecule has 0 spiro atoms. The number of carbonyl (C=O) groups excluding carboxylic acids is 1. The Labute approximate surface area is 154 Å². The molecule has 25 heavy (non-hydrogen) atoms. The number of hydrogen-bond donors (Lipinski definition) is 0. The summed E-state index contributed by atoms with van der Waals surface area (Å²) in [5.74, 6) is 2.30. The molecule has 0 N–H and O–H groups in total. The zero-order valence-corrected chi connectivity index (χ0v) is 16.0. The summed E-state index contributed by atoms with van der Waals surface area (Å²) in [7, 11) is 3.76. The number of amides is 1. The fourth-order valence-electron chi connectivity index (χ4n) is 3.87. The largest absolute Gasteiger partial charge is 0.338 e. The van der Waals surface area contributed by atoms with Gasteiger partial charge < -0.3 is 4.90 Å². The maximum atomic E-state index is 13.6. The zero-order valence-electron chi connectivity index (χ0n) is 15.2. The van der Waals surface area contributed by atoms with Crippen molar-refractivity contribution in [1.29, 1.82) is 0 Å². The van der Waals surface area contributed by atoms with Gasteiger partial charge in [0.15, 0.2) is 0 Å². The van der Waals surface area contributed by atoms with Crippen molar-refractivity contribution in [2.45, 2.75) is 24.9 Å². The fourth-order valence-corrected chi connectivity index (χ4v) is 4.95. The molecule has 2 aliphatic rings. The molecule has 2 heterocycles. The van der Waals surface area contributed by atoms with Gasteiger partial charge in [-0.1, -0.05) is 12.1 Å². The minimum absolute atomic E-state index is 0.0782. The standard InChI is InChI=1S/C19H28FN3OS/c1-21(2)18(15-4-3-5-16(20)14-15)19(24)23-10-8-22(9-11-23)17-6-12-25-13-7-17/h3-5,14,17-18H,6-13H2,1-2H3/t18-/m1/s1. The average Bonchev–Trinajstić information content (AvgIpc) is 2.62. The van der Waals surface area contributed by atoms with Gasteiger partial charge in [0.2, 0.25) is 5.91 Å². The number of benzene rings is 1. The van der Waals surface area contributed by atoms with E-state index in [4.69, 9.17) is 0 Å². The number of rotatable bonds is 4. The van der Waals surface area contributed by atoms with Crippen LogP contribution in [0.5, 0.6) is 0 Å². The van der Waals surface area contributed by atoms with Gasteiger partial charge in [-0.15, -0.1) is 0 Å². The Hall–Kier alpha value is -1.11. The van der Waals surface area contributed by atoms with Gasteiger partial charge in [0.25, 0.3) is 0 Å². The first kappa shape index (κ1) is 18.7. The maximum absolute atomic E-state index is 13.6. The van der Waals surface area contributed by atoms with E-state index in [9.17, 15) is 9.18 Å². The molecule has 3 rings (SSSR count). The first-order valence-corrected chi connectivity index (χ1v) is 10.2. The van der Waals surface area contributed by atoms with Crippen molar-refractivity contribution in [3.8, 4) is 0 Å². The van der Waals surface area contributed by atoms with Gasteiger partial charge in [-0.2, -0.15) is 11.8 Å². The highest BCUT2D eigenvalue weighted by atomic mass is 32.2. The Bertz CT molecular complexity index is 584. The van der Waals surface area contributed by atoms with Crippen LogP contribution in [-0.2, 0) is 4.79 Å². The van der Waals surface area contributed by atoms with E-state index < -0.39 is 6.04 Å². The van der Waals surface area contributed by atoms with Crippen molar-refractivity contribution in [3.63, 3.8) is 0 Å². The molecule has 2 fully saturated rings. The molecule has 2 saturated heterocycles. The van der Waals surface area contributed by atoms with Gasteiger partial charge in [0, 0.05) is 32.2 Å². The molecule has 1 amide bonds. The first-order valence-electron chi connectivity index (χ1n) is 9.09. The van der Waals surface area contributed by atoms with Gasteiger partial charge >= 0.3 is 0 Å². The number of nitrogens with zero attached hydrogens (tertiary/aromatic N) is 3. The Morgan fingerprint density at radius 3 is 2.48 bits per heavy atom. The molecule has 138 valence electrons. The van der Waals surface area contributed by atoms with E-state index in [0.717, 1.165) is 31.7 Å². The minimum Gasteiger partial charge on any atom is -0.338 e. The number of piperazine rings is 1. The summed E-state index contributed by atoms with van der Waals surface area (Å²) in [6.45, 7) is 3.43. The number of halogens is 1. The molecule has 0 unspecified atom stereocenters. The highest BCUT2D eigenvalue weighted by molar-refractivity contribution is 7.99. The Balaban J connectivity index is 1.63. The van der Waals surface area contributed by atoms with Crippen molar-refractivity contribution in [3.05, 3.63) is 35.6 Å². The average molecular weight is 366 g/mol. The van der Waals surface area contributed by atoms with Crippen molar-refractivity contribution >= 4 is 17.7 Å². The highest BCUT2D eigenvalue weighted by Crippen LogP contribution is 2.25. The third-order valence-corrected chi connectivity index (χ3v) is 6.30. The van der Waals surface area contributed by atoms with E-state index in [-0.39, 0.29) is 11.7 Å². The second-order valence-electron chi connectivity index (χ2n) is 7.13. The summed E-state index contributed by atoms with van der Waals surface area (Å²) in [4.78, 5) is 19.5. The Kier molecular flexibility index (Phi) is 6.36. The molecule has 0 radical (unpaired) electrons. The van der Waals surface area contributed by atoms with Crippen LogP contribution in [0.25, 0.3) is 0 Å². The van der Waals surface area contributed by atoms with Crippen LogP contribution in [0.3, 0.4) is 0 Å². The second kappa shape index (κ2) is 8.52. The normalized spacial score (nSPS) is 21.5. The van der Waals surface area contributed by atoms with Crippen LogP contribution in [0.4, 0.5) is 4.39 Å². The lowest BCUT2D eigenvalue weighted by molar-refractivity contribution is -0.138. The van der Waals surface area contributed by atoms with Gasteiger partial charge in [-0.25, -0.2) is 4.39 Å². The summed E-state index contributed by atoms with van der Waals surface area (Å²) in [6, 6.07) is 6.66. The zero-order chi connectivity index (χ0) is 17.8. The molecule has 0 aromatic heterocycles. The Morgan fingerprint density at radius 1 is 1.20 bits per heavy atom. The summed E-state index contributed by atoms with van der Waals surface area (Å²) in [5.41, 5.74) is 0.724. The molecule has 1 atom stereocenters. The molecule has 4 nitrogen and oxygen atoms in total. The number of thioether (sulfide) groups is 1.